The van der Waals surface area contributed by atoms with Crippen molar-refractivity contribution in [1.29, 1.82) is 5.26 Å². The van der Waals surface area contributed by atoms with Crippen molar-refractivity contribution in [3.05, 3.63) is 41.0 Å². The first-order valence-electron chi connectivity index (χ1n) is 4.16. The molecule has 1 aliphatic heterocycles. The second-order valence-electron chi connectivity index (χ2n) is 3.00. The second-order valence-corrected chi connectivity index (χ2v) is 3.00. The van der Waals surface area contributed by atoms with Crippen LogP contribution in [0.2, 0.25) is 0 Å². The number of nitriles is 1. The number of carbonyl (C=O) groups is 1. The van der Waals surface area contributed by atoms with Gasteiger partial charge in [0, 0.05) is 5.56 Å². The van der Waals surface area contributed by atoms with Gasteiger partial charge in [-0.15, -0.1) is 0 Å². The summed E-state index contributed by atoms with van der Waals surface area (Å²) < 4.78 is 5.00. The number of fused-ring (bicyclic) bond motifs is 1. The molecule has 1 aromatic rings. The van der Waals surface area contributed by atoms with E-state index in [0.29, 0.717) is 22.5 Å². The summed E-state index contributed by atoms with van der Waals surface area (Å²) in [5, 5.41) is 8.71. The average Bonchev–Trinajstić information content (AvgIpc) is 2.56. The fourth-order valence-electron chi connectivity index (χ4n) is 1.39. The van der Waals surface area contributed by atoms with E-state index < -0.39 is 0 Å². The van der Waals surface area contributed by atoms with Crippen molar-refractivity contribution in [3.63, 3.8) is 0 Å². The van der Waals surface area contributed by atoms with E-state index in [-0.39, 0.29) is 5.97 Å². The molecule has 1 aromatic carbocycles. The number of cyclic esters (lactones) is 1. The first-order chi connectivity index (χ1) is 6.74. The third-order valence-corrected chi connectivity index (χ3v) is 2.09. The van der Waals surface area contributed by atoms with E-state index in [9.17, 15) is 4.79 Å². The molecule has 0 bridgehead atoms. The molecule has 0 fully saturated rings. The molecule has 0 N–H and O–H groups in total. The normalized spacial score (nSPS) is 17.0. The monoisotopic (exact) mass is 185 g/mol. The fraction of sp³-hybridized carbons (Fsp3) is 0.0909. The number of esters is 1. The maximum atomic E-state index is 11.3. The molecule has 2 rings (SSSR count). The number of allylic oxidation sites excluding steroid dienone is 1. The zero-order chi connectivity index (χ0) is 10.1. The number of rotatable bonds is 0. The predicted molar refractivity (Wildman–Crippen MR) is 50.1 cm³/mol. The lowest BCUT2D eigenvalue weighted by molar-refractivity contribution is 0.0715. The van der Waals surface area contributed by atoms with Crippen LogP contribution in [0.15, 0.2) is 29.8 Å². The number of ether oxygens (including phenoxy) is 1. The van der Waals surface area contributed by atoms with Crippen LogP contribution in [0.25, 0.3) is 5.76 Å². The highest BCUT2D eigenvalue weighted by Gasteiger charge is 2.27. The van der Waals surface area contributed by atoms with Crippen LogP contribution in [-0.2, 0) is 4.74 Å². The first-order valence-corrected chi connectivity index (χ1v) is 4.16. The summed E-state index contributed by atoms with van der Waals surface area (Å²) in [6.07, 6.45) is 0. The minimum absolute atomic E-state index is 0.383. The Balaban J connectivity index is 2.68. The van der Waals surface area contributed by atoms with Gasteiger partial charge in [0.1, 0.15) is 0 Å². The molecule has 0 saturated heterocycles. The Morgan fingerprint density at radius 2 is 2.00 bits per heavy atom. The Kier molecular flexibility index (Phi) is 1.83. The van der Waals surface area contributed by atoms with Crippen LogP contribution in [0.1, 0.15) is 22.8 Å². The van der Waals surface area contributed by atoms with Gasteiger partial charge >= 0.3 is 5.97 Å². The lowest BCUT2D eigenvalue weighted by Crippen LogP contribution is -1.92. The summed E-state index contributed by atoms with van der Waals surface area (Å²) in [5.41, 5.74) is 1.65. The third kappa shape index (κ3) is 1.09. The van der Waals surface area contributed by atoms with Crippen molar-refractivity contribution in [2.24, 2.45) is 0 Å². The van der Waals surface area contributed by atoms with Gasteiger partial charge in [0.25, 0.3) is 0 Å². The van der Waals surface area contributed by atoms with Crippen LogP contribution >= 0.6 is 0 Å². The quantitative estimate of drug-likeness (QED) is 0.459. The summed E-state index contributed by atoms with van der Waals surface area (Å²) >= 11 is 0. The van der Waals surface area contributed by atoms with Gasteiger partial charge in [-0.1, -0.05) is 18.2 Å². The van der Waals surface area contributed by atoms with Crippen LogP contribution in [0.3, 0.4) is 0 Å². The summed E-state index contributed by atoms with van der Waals surface area (Å²) in [4.78, 5) is 11.3. The van der Waals surface area contributed by atoms with Crippen molar-refractivity contribution in [3.8, 4) is 6.07 Å². The number of hydrogen-bond donors (Lipinski definition) is 0. The van der Waals surface area contributed by atoms with E-state index in [0.717, 1.165) is 0 Å². The minimum atomic E-state index is -0.384. The molecule has 0 unspecified atom stereocenters. The molecule has 0 saturated carbocycles. The lowest BCUT2D eigenvalue weighted by atomic mass is 10.1. The van der Waals surface area contributed by atoms with Gasteiger partial charge in [-0.05, 0) is 13.0 Å². The topological polar surface area (TPSA) is 50.1 Å². The van der Waals surface area contributed by atoms with Gasteiger partial charge in [-0.3, -0.25) is 0 Å². The van der Waals surface area contributed by atoms with Crippen LogP contribution in [0, 0.1) is 11.3 Å². The Bertz CT molecular complexity index is 480. The Labute approximate surface area is 81.2 Å². The summed E-state index contributed by atoms with van der Waals surface area (Å²) in [6, 6.07) is 9.01. The predicted octanol–water partition coefficient (Wildman–Crippen LogP) is 2.11. The average molecular weight is 185 g/mol. The van der Waals surface area contributed by atoms with Gasteiger partial charge in [0.05, 0.1) is 17.2 Å². The van der Waals surface area contributed by atoms with E-state index in [1.165, 1.54) is 0 Å². The molecule has 0 amide bonds. The van der Waals surface area contributed by atoms with E-state index in [4.69, 9.17) is 10.00 Å². The van der Waals surface area contributed by atoms with Gasteiger partial charge < -0.3 is 4.74 Å². The van der Waals surface area contributed by atoms with Crippen LogP contribution in [0.4, 0.5) is 0 Å². The lowest BCUT2D eigenvalue weighted by Gasteiger charge is -1.97. The van der Waals surface area contributed by atoms with Gasteiger partial charge in [-0.2, -0.15) is 5.26 Å². The molecule has 0 spiro atoms. The maximum Gasteiger partial charge on any atom is 0.344 e. The SMILES string of the molecule is C/C(C#N)=C1\OC(=O)c2ccccc21. The van der Waals surface area contributed by atoms with Crippen molar-refractivity contribution in [1.82, 2.24) is 0 Å². The molecule has 3 nitrogen and oxygen atoms in total. The van der Waals surface area contributed by atoms with E-state index in [2.05, 4.69) is 0 Å². The van der Waals surface area contributed by atoms with Crippen LogP contribution in [-0.4, -0.2) is 5.97 Å². The molecule has 14 heavy (non-hydrogen) atoms. The van der Waals surface area contributed by atoms with Gasteiger partial charge in [0.2, 0.25) is 0 Å². The molecule has 1 aliphatic rings. The largest absolute Gasteiger partial charge is 0.421 e. The minimum Gasteiger partial charge on any atom is -0.421 e. The highest BCUT2D eigenvalue weighted by molar-refractivity contribution is 6.03. The summed E-state index contributed by atoms with van der Waals surface area (Å²) in [7, 11) is 0. The second kappa shape index (κ2) is 3.00. The number of nitrogens with zero attached hydrogens (tertiary/aromatic N) is 1. The zero-order valence-electron chi connectivity index (χ0n) is 7.57. The molecule has 0 aliphatic carbocycles. The van der Waals surface area contributed by atoms with Gasteiger partial charge in [0.15, 0.2) is 5.76 Å². The molecule has 68 valence electrons. The van der Waals surface area contributed by atoms with Crippen LogP contribution in [0.5, 0.6) is 0 Å². The Hall–Kier alpha value is -2.08. The van der Waals surface area contributed by atoms with Crippen molar-refractivity contribution >= 4 is 11.7 Å². The molecule has 0 atom stereocenters. The highest BCUT2D eigenvalue weighted by Crippen LogP contribution is 2.31. The molecular weight excluding hydrogens is 178 g/mol. The van der Waals surface area contributed by atoms with Gasteiger partial charge in [-0.25, -0.2) is 4.79 Å². The summed E-state index contributed by atoms with van der Waals surface area (Å²) in [5.74, 6) is -0.00157. The van der Waals surface area contributed by atoms with Crippen molar-refractivity contribution in [2.75, 3.05) is 0 Å². The standard InChI is InChI=1S/C11H7NO2/c1-7(6-12)10-8-4-2-3-5-9(8)11(13)14-10/h2-5H,1H3/b10-7+. The summed E-state index contributed by atoms with van der Waals surface area (Å²) in [6.45, 7) is 1.63. The highest BCUT2D eigenvalue weighted by atomic mass is 16.5. The number of hydrogen-bond acceptors (Lipinski definition) is 3. The molecule has 3 heteroatoms. The van der Waals surface area contributed by atoms with Crippen molar-refractivity contribution in [2.45, 2.75) is 6.92 Å². The Morgan fingerprint density at radius 3 is 2.64 bits per heavy atom. The maximum absolute atomic E-state index is 11.3. The molecule has 0 aromatic heterocycles. The number of carbonyl (C=O) groups excluding carboxylic acids is 1. The number of benzene rings is 1. The van der Waals surface area contributed by atoms with E-state index >= 15 is 0 Å². The first kappa shape index (κ1) is 8.52. The van der Waals surface area contributed by atoms with E-state index in [1.807, 2.05) is 12.1 Å². The third-order valence-electron chi connectivity index (χ3n) is 2.09. The van der Waals surface area contributed by atoms with E-state index in [1.54, 1.807) is 25.1 Å². The van der Waals surface area contributed by atoms with Crippen molar-refractivity contribution < 1.29 is 9.53 Å². The molecule has 0 radical (unpaired) electrons. The van der Waals surface area contributed by atoms with Crippen LogP contribution < -0.4 is 0 Å². The zero-order valence-corrected chi connectivity index (χ0v) is 7.57. The fourth-order valence-corrected chi connectivity index (χ4v) is 1.39. The Morgan fingerprint density at radius 1 is 1.36 bits per heavy atom. The molecule has 1 heterocycles. The molecular formula is C11H7NO2. The smallest absolute Gasteiger partial charge is 0.344 e.